The number of halogens is 3. The van der Waals surface area contributed by atoms with E-state index in [0.717, 1.165) is 21.8 Å². The van der Waals surface area contributed by atoms with Crippen molar-refractivity contribution in [2.75, 3.05) is 6.54 Å². The van der Waals surface area contributed by atoms with Crippen molar-refractivity contribution in [2.45, 2.75) is 13.5 Å². The second-order valence-corrected chi connectivity index (χ2v) is 8.38. The number of ether oxygens (including phenoxy) is 1. The molecule has 2 aromatic rings. The lowest BCUT2D eigenvalue weighted by molar-refractivity contribution is -0.122. The Labute approximate surface area is 179 Å². The van der Waals surface area contributed by atoms with Gasteiger partial charge in [-0.2, -0.15) is 0 Å². The molecule has 2 amide bonds. The Kier molecular flexibility index (Phi) is 6.52. The highest BCUT2D eigenvalue weighted by Crippen LogP contribution is 2.37. The monoisotopic (exact) mass is 485 g/mol. The number of thioether (sulfide) groups is 1. The molecule has 8 heteroatoms. The van der Waals surface area contributed by atoms with Gasteiger partial charge >= 0.3 is 0 Å². The minimum Gasteiger partial charge on any atom is -0.486 e. The maximum atomic E-state index is 12.2. The average Bonchev–Trinajstić information content (AvgIpc) is 2.88. The van der Waals surface area contributed by atoms with Crippen molar-refractivity contribution in [3.8, 4) is 5.75 Å². The average molecular weight is 487 g/mol. The first-order chi connectivity index (χ1) is 12.9. The molecule has 2 aromatic carbocycles. The molecule has 1 heterocycles. The van der Waals surface area contributed by atoms with Crippen molar-refractivity contribution in [3.05, 3.63) is 66.9 Å². The van der Waals surface area contributed by atoms with Crippen LogP contribution in [0, 0.1) is 0 Å². The molecule has 1 saturated heterocycles. The predicted octanol–water partition coefficient (Wildman–Crippen LogP) is 6.39. The maximum Gasteiger partial charge on any atom is 0.293 e. The molecule has 0 bridgehead atoms. The predicted molar refractivity (Wildman–Crippen MR) is 113 cm³/mol. The highest BCUT2D eigenvalue weighted by molar-refractivity contribution is 9.10. The third-order valence-corrected chi connectivity index (χ3v) is 5.80. The van der Waals surface area contributed by atoms with Crippen LogP contribution >= 0.6 is 50.9 Å². The van der Waals surface area contributed by atoms with Gasteiger partial charge in [-0.1, -0.05) is 51.3 Å². The van der Waals surface area contributed by atoms with Gasteiger partial charge in [-0.15, -0.1) is 0 Å². The third kappa shape index (κ3) is 4.69. The fourth-order valence-electron chi connectivity index (χ4n) is 2.46. The first kappa shape index (κ1) is 20.3. The number of hydrogen-bond acceptors (Lipinski definition) is 4. The number of carbonyl (C=O) groups is 2. The zero-order valence-corrected chi connectivity index (χ0v) is 18.1. The molecule has 0 radical (unpaired) electrons. The Morgan fingerprint density at radius 2 is 1.78 bits per heavy atom. The van der Waals surface area contributed by atoms with Gasteiger partial charge in [-0.3, -0.25) is 14.5 Å². The molecule has 4 nitrogen and oxygen atoms in total. The summed E-state index contributed by atoms with van der Waals surface area (Å²) in [5.74, 6) is 0.0652. The summed E-state index contributed by atoms with van der Waals surface area (Å²) in [6, 6.07) is 11.0. The van der Waals surface area contributed by atoms with E-state index in [2.05, 4.69) is 15.9 Å². The minimum absolute atomic E-state index is 0.277. The van der Waals surface area contributed by atoms with Crippen molar-refractivity contribution in [3.63, 3.8) is 0 Å². The van der Waals surface area contributed by atoms with E-state index in [9.17, 15) is 9.59 Å². The normalized spacial score (nSPS) is 15.7. The van der Waals surface area contributed by atoms with Crippen LogP contribution in [0.5, 0.6) is 5.75 Å². The largest absolute Gasteiger partial charge is 0.486 e. The van der Waals surface area contributed by atoms with Crippen molar-refractivity contribution in [1.82, 2.24) is 4.90 Å². The third-order valence-electron chi connectivity index (χ3n) is 3.80. The summed E-state index contributed by atoms with van der Waals surface area (Å²) >= 11 is 16.9. The molecule has 0 N–H and O–H groups in total. The van der Waals surface area contributed by atoms with E-state index in [0.29, 0.717) is 39.4 Å². The second-order valence-electron chi connectivity index (χ2n) is 5.65. The van der Waals surface area contributed by atoms with Gasteiger partial charge in [0, 0.05) is 11.0 Å². The zero-order chi connectivity index (χ0) is 19.6. The molecule has 0 spiro atoms. The summed E-state index contributed by atoms with van der Waals surface area (Å²) in [7, 11) is 0. The molecule has 1 aliphatic rings. The van der Waals surface area contributed by atoms with Gasteiger partial charge in [0.25, 0.3) is 11.1 Å². The number of imide groups is 1. The standard InChI is InChI=1S/C19H14BrCl2NO3S/c1-2-23-18(24)16(27-19(23)25)9-12-7-14(21)17(15(22)8-12)26-10-11-3-5-13(20)6-4-11/h3-9H,2,10H2,1H3/b16-9+. The van der Waals surface area contributed by atoms with Crippen molar-refractivity contribution in [2.24, 2.45) is 0 Å². The highest BCUT2D eigenvalue weighted by atomic mass is 79.9. The number of benzene rings is 2. The van der Waals surface area contributed by atoms with Crippen LogP contribution in [0.2, 0.25) is 10.0 Å². The molecule has 0 atom stereocenters. The fraction of sp³-hybridized carbons (Fsp3) is 0.158. The van der Waals surface area contributed by atoms with Crippen molar-refractivity contribution >= 4 is 68.1 Å². The Morgan fingerprint density at radius 3 is 2.33 bits per heavy atom. The van der Waals surface area contributed by atoms with Gasteiger partial charge in [0.05, 0.1) is 15.0 Å². The van der Waals surface area contributed by atoms with Crippen LogP contribution in [-0.4, -0.2) is 22.6 Å². The van der Waals surface area contributed by atoms with Gasteiger partial charge in [0.1, 0.15) is 6.61 Å². The Hall–Kier alpha value is -1.47. The highest BCUT2D eigenvalue weighted by Gasteiger charge is 2.33. The molecule has 0 aromatic heterocycles. The molecule has 0 aliphatic carbocycles. The molecular weight excluding hydrogens is 473 g/mol. The van der Waals surface area contributed by atoms with Crippen LogP contribution in [0.15, 0.2) is 45.8 Å². The van der Waals surface area contributed by atoms with Crippen LogP contribution in [0.3, 0.4) is 0 Å². The van der Waals surface area contributed by atoms with Gasteiger partial charge in [-0.05, 0) is 60.2 Å². The summed E-state index contributed by atoms with van der Waals surface area (Å²) in [4.78, 5) is 25.5. The molecule has 140 valence electrons. The van der Waals surface area contributed by atoms with E-state index in [1.807, 2.05) is 24.3 Å². The Balaban J connectivity index is 1.79. The second kappa shape index (κ2) is 8.69. The molecule has 3 rings (SSSR count). The van der Waals surface area contributed by atoms with Crippen molar-refractivity contribution in [1.29, 1.82) is 0 Å². The first-order valence-corrected chi connectivity index (χ1v) is 10.4. The van der Waals surface area contributed by atoms with E-state index in [-0.39, 0.29) is 11.1 Å². The summed E-state index contributed by atoms with van der Waals surface area (Å²) in [5.41, 5.74) is 1.60. The maximum absolute atomic E-state index is 12.2. The summed E-state index contributed by atoms with van der Waals surface area (Å²) in [6.07, 6.45) is 1.61. The number of hydrogen-bond donors (Lipinski definition) is 0. The summed E-state index contributed by atoms with van der Waals surface area (Å²) < 4.78 is 6.74. The number of carbonyl (C=O) groups excluding carboxylic acids is 2. The van der Waals surface area contributed by atoms with Gasteiger partial charge in [0.15, 0.2) is 5.75 Å². The smallest absolute Gasteiger partial charge is 0.293 e. The number of nitrogens with zero attached hydrogens (tertiary/aromatic N) is 1. The van der Waals surface area contributed by atoms with Crippen LogP contribution in [0.25, 0.3) is 6.08 Å². The molecule has 27 heavy (non-hydrogen) atoms. The Bertz CT molecular complexity index is 908. The quantitative estimate of drug-likeness (QED) is 0.459. The number of likely N-dealkylation sites (N-methyl/N-ethyl adjacent to an activating group) is 1. The van der Waals surface area contributed by atoms with Crippen LogP contribution in [-0.2, 0) is 11.4 Å². The van der Waals surface area contributed by atoms with E-state index in [4.69, 9.17) is 27.9 Å². The lowest BCUT2D eigenvalue weighted by Gasteiger charge is -2.11. The lowest BCUT2D eigenvalue weighted by Crippen LogP contribution is -2.27. The van der Waals surface area contributed by atoms with Crippen molar-refractivity contribution < 1.29 is 14.3 Å². The van der Waals surface area contributed by atoms with Crippen LogP contribution in [0.1, 0.15) is 18.1 Å². The summed E-state index contributed by atoms with van der Waals surface area (Å²) in [5, 5.41) is 0.390. The number of rotatable bonds is 5. The van der Waals surface area contributed by atoms with E-state index >= 15 is 0 Å². The SMILES string of the molecule is CCN1C(=O)S/C(=C/c2cc(Cl)c(OCc3ccc(Br)cc3)c(Cl)c2)C1=O. The van der Waals surface area contributed by atoms with E-state index in [1.165, 1.54) is 4.90 Å². The topological polar surface area (TPSA) is 46.6 Å². The van der Waals surface area contributed by atoms with Gasteiger partial charge < -0.3 is 4.74 Å². The molecule has 1 aliphatic heterocycles. The van der Waals surface area contributed by atoms with Crippen LogP contribution < -0.4 is 4.74 Å². The van der Waals surface area contributed by atoms with E-state index < -0.39 is 0 Å². The molecular formula is C19H14BrCl2NO3S. The molecule has 1 fully saturated rings. The Morgan fingerprint density at radius 1 is 1.15 bits per heavy atom. The minimum atomic E-state index is -0.310. The van der Waals surface area contributed by atoms with Gasteiger partial charge in [-0.25, -0.2) is 0 Å². The zero-order valence-electron chi connectivity index (χ0n) is 14.2. The van der Waals surface area contributed by atoms with Gasteiger partial charge in [0.2, 0.25) is 0 Å². The summed E-state index contributed by atoms with van der Waals surface area (Å²) in [6.45, 7) is 2.42. The fourth-order valence-corrected chi connectivity index (χ4v) is 4.24. The first-order valence-electron chi connectivity index (χ1n) is 8.00. The van der Waals surface area contributed by atoms with E-state index in [1.54, 1.807) is 25.1 Å². The number of amides is 2. The van der Waals surface area contributed by atoms with Crippen LogP contribution in [0.4, 0.5) is 4.79 Å². The molecule has 0 saturated carbocycles. The molecule has 0 unspecified atom stereocenters. The lowest BCUT2D eigenvalue weighted by atomic mass is 10.2.